The number of thioether (sulfide) groups is 1. The van der Waals surface area contributed by atoms with Crippen molar-refractivity contribution in [3.63, 3.8) is 0 Å². The van der Waals surface area contributed by atoms with Gasteiger partial charge in [0.15, 0.2) is 5.16 Å². The molecular weight excluding hydrogens is 386 g/mol. The van der Waals surface area contributed by atoms with Gasteiger partial charge in [0.05, 0.1) is 16.7 Å². The van der Waals surface area contributed by atoms with E-state index in [1.54, 1.807) is 4.57 Å². The monoisotopic (exact) mass is 407 g/mol. The third-order valence-corrected chi connectivity index (χ3v) is 5.53. The van der Waals surface area contributed by atoms with Crippen molar-refractivity contribution in [3.8, 4) is 0 Å². The van der Waals surface area contributed by atoms with E-state index in [-0.39, 0.29) is 17.2 Å². The van der Waals surface area contributed by atoms with Crippen molar-refractivity contribution in [2.45, 2.75) is 31.5 Å². The average Bonchev–Trinajstić information content (AvgIpc) is 3.17. The molecule has 0 radical (unpaired) electrons. The van der Waals surface area contributed by atoms with Gasteiger partial charge in [-0.1, -0.05) is 55.4 Å². The van der Waals surface area contributed by atoms with Gasteiger partial charge in [-0.25, -0.2) is 0 Å². The van der Waals surface area contributed by atoms with Crippen LogP contribution in [-0.2, 0) is 11.3 Å². The van der Waals surface area contributed by atoms with Crippen molar-refractivity contribution in [1.82, 2.24) is 19.2 Å². The summed E-state index contributed by atoms with van der Waals surface area (Å²) in [6.07, 6.45) is 1.85. The Balaban J connectivity index is 1.67. The lowest BCUT2D eigenvalue weighted by molar-refractivity contribution is -0.113. The normalized spacial score (nSPS) is 11.2. The van der Waals surface area contributed by atoms with E-state index < -0.39 is 0 Å². The summed E-state index contributed by atoms with van der Waals surface area (Å²) in [6, 6.07) is 16.8. The van der Waals surface area contributed by atoms with Crippen LogP contribution in [-0.4, -0.2) is 30.8 Å². The lowest BCUT2D eigenvalue weighted by Gasteiger charge is -2.10. The molecule has 7 nitrogen and oxygen atoms in total. The number of rotatable bonds is 7. The molecule has 0 atom stereocenters. The number of unbranched alkanes of at least 4 members (excludes halogenated alkanes) is 1. The molecule has 4 aromatic rings. The summed E-state index contributed by atoms with van der Waals surface area (Å²) in [5, 5.41) is 12.6. The lowest BCUT2D eigenvalue weighted by Crippen LogP contribution is -2.23. The fourth-order valence-corrected chi connectivity index (χ4v) is 3.93. The molecular formula is C21H21N5O2S. The maximum atomic E-state index is 12.9. The number of amides is 1. The Kier molecular flexibility index (Phi) is 5.62. The highest BCUT2D eigenvalue weighted by molar-refractivity contribution is 7.99. The number of hydrogen-bond acceptors (Lipinski definition) is 5. The smallest absolute Gasteiger partial charge is 0.262 e. The van der Waals surface area contributed by atoms with Gasteiger partial charge in [-0.2, -0.15) is 0 Å². The number of aryl methyl sites for hydroxylation is 1. The van der Waals surface area contributed by atoms with Gasteiger partial charge < -0.3 is 5.32 Å². The molecule has 0 aliphatic heterocycles. The molecule has 0 aliphatic rings. The van der Waals surface area contributed by atoms with E-state index in [2.05, 4.69) is 22.4 Å². The second-order valence-corrected chi connectivity index (χ2v) is 7.59. The molecule has 148 valence electrons. The molecule has 0 saturated heterocycles. The van der Waals surface area contributed by atoms with E-state index in [0.717, 1.165) is 24.0 Å². The molecule has 0 spiro atoms. The summed E-state index contributed by atoms with van der Waals surface area (Å²) in [5.41, 5.74) is 1.44. The van der Waals surface area contributed by atoms with E-state index >= 15 is 0 Å². The Labute approximate surface area is 171 Å². The maximum Gasteiger partial charge on any atom is 0.262 e. The second kappa shape index (κ2) is 8.48. The van der Waals surface area contributed by atoms with Crippen molar-refractivity contribution >= 4 is 40.0 Å². The Morgan fingerprint density at radius 2 is 1.83 bits per heavy atom. The molecule has 2 aromatic carbocycles. The first-order chi connectivity index (χ1) is 14.2. The summed E-state index contributed by atoms with van der Waals surface area (Å²) in [5.74, 6) is 0.577. The summed E-state index contributed by atoms with van der Waals surface area (Å²) >= 11 is 1.30. The fourth-order valence-electron chi connectivity index (χ4n) is 3.19. The number of nitrogens with one attached hydrogen (secondary N) is 1. The van der Waals surface area contributed by atoms with Crippen LogP contribution in [0, 0.1) is 0 Å². The van der Waals surface area contributed by atoms with Crippen LogP contribution in [0.5, 0.6) is 0 Å². The number of anilines is 1. The molecule has 1 N–H and O–H groups in total. The molecule has 2 heterocycles. The number of carbonyl (C=O) groups excluding carboxylic acids is 1. The molecule has 8 heteroatoms. The number of fused-ring (bicyclic) bond motifs is 3. The number of aromatic nitrogens is 4. The number of hydrogen-bond donors (Lipinski definition) is 1. The zero-order valence-corrected chi connectivity index (χ0v) is 16.9. The summed E-state index contributed by atoms with van der Waals surface area (Å²) in [7, 11) is 0. The fraction of sp³-hybridized carbons (Fsp3) is 0.238. The highest BCUT2D eigenvalue weighted by Gasteiger charge is 2.17. The quantitative estimate of drug-likeness (QED) is 0.474. The van der Waals surface area contributed by atoms with Gasteiger partial charge in [0.1, 0.15) is 0 Å². The highest BCUT2D eigenvalue weighted by atomic mass is 32.2. The molecule has 2 aromatic heterocycles. The van der Waals surface area contributed by atoms with E-state index in [9.17, 15) is 9.59 Å². The maximum absolute atomic E-state index is 12.9. The Morgan fingerprint density at radius 3 is 2.62 bits per heavy atom. The predicted octanol–water partition coefficient (Wildman–Crippen LogP) is 3.58. The predicted molar refractivity (Wildman–Crippen MR) is 115 cm³/mol. The van der Waals surface area contributed by atoms with Crippen LogP contribution in [0.15, 0.2) is 64.5 Å². The SMILES string of the molecule is CCCCn1c(=O)c2ccccc2n2c(SCC(=O)Nc3ccccc3)nnc12. The van der Waals surface area contributed by atoms with Crippen molar-refractivity contribution in [2.75, 3.05) is 11.1 Å². The molecule has 0 bridgehead atoms. The van der Waals surface area contributed by atoms with Gasteiger partial charge in [0.2, 0.25) is 11.7 Å². The van der Waals surface area contributed by atoms with E-state index in [4.69, 9.17) is 0 Å². The number of nitrogens with zero attached hydrogens (tertiary/aromatic N) is 4. The van der Waals surface area contributed by atoms with E-state index in [0.29, 0.717) is 22.9 Å². The van der Waals surface area contributed by atoms with Crippen LogP contribution < -0.4 is 10.9 Å². The molecule has 0 unspecified atom stereocenters. The average molecular weight is 407 g/mol. The minimum Gasteiger partial charge on any atom is -0.325 e. The number of carbonyl (C=O) groups is 1. The molecule has 0 saturated carbocycles. The van der Waals surface area contributed by atoms with Crippen LogP contribution >= 0.6 is 11.8 Å². The highest BCUT2D eigenvalue weighted by Crippen LogP contribution is 2.22. The zero-order valence-electron chi connectivity index (χ0n) is 16.0. The van der Waals surface area contributed by atoms with Gasteiger partial charge in [-0.15, -0.1) is 10.2 Å². The first-order valence-electron chi connectivity index (χ1n) is 9.53. The van der Waals surface area contributed by atoms with Crippen molar-refractivity contribution in [3.05, 3.63) is 65.0 Å². The lowest BCUT2D eigenvalue weighted by atomic mass is 10.2. The van der Waals surface area contributed by atoms with Gasteiger partial charge >= 0.3 is 0 Å². The first-order valence-corrected chi connectivity index (χ1v) is 10.5. The summed E-state index contributed by atoms with van der Waals surface area (Å²) < 4.78 is 3.54. The largest absolute Gasteiger partial charge is 0.325 e. The third-order valence-electron chi connectivity index (χ3n) is 4.60. The van der Waals surface area contributed by atoms with Crippen molar-refractivity contribution in [2.24, 2.45) is 0 Å². The van der Waals surface area contributed by atoms with Crippen molar-refractivity contribution < 1.29 is 4.79 Å². The standard InChI is InChI=1S/C21H21N5O2S/c1-2-3-13-25-19(28)16-11-7-8-12-17(16)26-20(25)23-24-21(26)29-14-18(27)22-15-9-5-4-6-10-15/h4-12H,2-3,13-14H2,1H3,(H,22,27). The molecule has 4 rings (SSSR count). The van der Waals surface area contributed by atoms with E-state index in [1.807, 2.05) is 59.0 Å². The molecule has 0 fully saturated rings. The van der Waals surface area contributed by atoms with Gasteiger partial charge in [0.25, 0.3) is 5.56 Å². The van der Waals surface area contributed by atoms with Gasteiger partial charge in [-0.05, 0) is 30.7 Å². The minimum atomic E-state index is -0.124. The first kappa shape index (κ1) is 19.2. The van der Waals surface area contributed by atoms with Crippen LogP contribution in [0.25, 0.3) is 16.7 Å². The van der Waals surface area contributed by atoms with Gasteiger partial charge in [-0.3, -0.25) is 18.6 Å². The molecule has 29 heavy (non-hydrogen) atoms. The van der Waals surface area contributed by atoms with Crippen LogP contribution in [0.2, 0.25) is 0 Å². The van der Waals surface area contributed by atoms with Gasteiger partial charge in [0, 0.05) is 12.2 Å². The number of para-hydroxylation sites is 2. The summed E-state index contributed by atoms with van der Waals surface area (Å²) in [6.45, 7) is 2.67. The third kappa shape index (κ3) is 3.88. The van der Waals surface area contributed by atoms with Crippen molar-refractivity contribution in [1.29, 1.82) is 0 Å². The summed E-state index contributed by atoms with van der Waals surface area (Å²) in [4.78, 5) is 25.3. The number of benzene rings is 2. The minimum absolute atomic E-state index is 0.0627. The second-order valence-electron chi connectivity index (χ2n) is 6.65. The Hall–Kier alpha value is -3.13. The van der Waals surface area contributed by atoms with Crippen LogP contribution in [0.1, 0.15) is 19.8 Å². The topological polar surface area (TPSA) is 81.3 Å². The van der Waals surface area contributed by atoms with E-state index in [1.165, 1.54) is 11.8 Å². The molecule has 1 amide bonds. The van der Waals surface area contributed by atoms with Crippen LogP contribution in [0.3, 0.4) is 0 Å². The van der Waals surface area contributed by atoms with Crippen LogP contribution in [0.4, 0.5) is 5.69 Å². The molecule has 0 aliphatic carbocycles. The zero-order chi connectivity index (χ0) is 20.2. The Bertz CT molecular complexity index is 1220. The Morgan fingerprint density at radius 1 is 1.07 bits per heavy atom.